The van der Waals surface area contributed by atoms with E-state index >= 15 is 0 Å². The minimum atomic E-state index is -3.77. The first-order valence-corrected chi connectivity index (χ1v) is 10.1. The molecule has 9 heteroatoms. The van der Waals surface area contributed by atoms with Gasteiger partial charge in [-0.1, -0.05) is 18.6 Å². The number of nitrogens with one attached hydrogen (secondary N) is 1. The number of hydrogen-bond acceptors (Lipinski definition) is 7. The van der Waals surface area contributed by atoms with Crippen LogP contribution in [0, 0.1) is 12.5 Å². The van der Waals surface area contributed by atoms with Crippen molar-refractivity contribution >= 4 is 15.7 Å². The molecular formula is C19H17NO7S-2. The zero-order valence-electron chi connectivity index (χ0n) is 14.7. The summed E-state index contributed by atoms with van der Waals surface area (Å²) in [6.45, 7) is 0. The van der Waals surface area contributed by atoms with Gasteiger partial charge in [-0.3, -0.25) is 4.72 Å². The molecule has 2 aromatic rings. The van der Waals surface area contributed by atoms with Crippen LogP contribution in [0.25, 0.3) is 0 Å². The van der Waals surface area contributed by atoms with Crippen molar-refractivity contribution in [2.45, 2.75) is 24.0 Å². The Bertz CT molecular complexity index is 1020. The number of phenolic OH excluding ortho intramolecular Hbond substituents is 2. The lowest BCUT2D eigenvalue weighted by Crippen LogP contribution is -2.63. The van der Waals surface area contributed by atoms with Gasteiger partial charge in [-0.15, -0.1) is 12.2 Å². The number of phenols is 2. The lowest BCUT2D eigenvalue weighted by molar-refractivity contribution is -0.536. The predicted molar refractivity (Wildman–Crippen MR) is 97.2 cm³/mol. The second-order valence-electron chi connectivity index (χ2n) is 6.57. The molecule has 148 valence electrons. The molecule has 0 spiro atoms. The number of aromatic hydroxyl groups is 2. The summed E-state index contributed by atoms with van der Waals surface area (Å²) in [5.41, 5.74) is 0.186. The van der Waals surface area contributed by atoms with Crippen molar-refractivity contribution in [2.75, 3.05) is 11.0 Å². The van der Waals surface area contributed by atoms with E-state index in [4.69, 9.17) is 11.2 Å². The molecule has 1 aliphatic carbocycles. The largest absolute Gasteiger partial charge is 0.851 e. The smallest absolute Gasteiger partial charge is 0.229 e. The molecule has 0 aliphatic heterocycles. The van der Waals surface area contributed by atoms with Crippen molar-refractivity contribution in [3.63, 3.8) is 0 Å². The van der Waals surface area contributed by atoms with Crippen LogP contribution in [-0.4, -0.2) is 37.1 Å². The molecule has 0 bridgehead atoms. The summed E-state index contributed by atoms with van der Waals surface area (Å²) in [6, 6.07) is 8.22. The zero-order valence-corrected chi connectivity index (χ0v) is 15.5. The topological polar surface area (TPSA) is 142 Å². The predicted octanol–water partition coefficient (Wildman–Crippen LogP) is -0.222. The van der Waals surface area contributed by atoms with E-state index in [9.17, 15) is 28.8 Å². The number of benzene rings is 2. The van der Waals surface area contributed by atoms with Gasteiger partial charge in [0.25, 0.3) is 0 Å². The van der Waals surface area contributed by atoms with E-state index in [1.807, 2.05) is 6.11 Å². The zero-order chi connectivity index (χ0) is 20.6. The average Bonchev–Trinajstić information content (AvgIpc) is 2.58. The summed E-state index contributed by atoms with van der Waals surface area (Å²) < 4.78 is 30.2. The third-order valence-corrected chi connectivity index (χ3v) is 5.22. The van der Waals surface area contributed by atoms with Gasteiger partial charge in [-0.05, 0) is 29.5 Å². The highest BCUT2D eigenvalue weighted by atomic mass is 32.2. The fourth-order valence-corrected chi connectivity index (χ4v) is 4.04. The Morgan fingerprint density at radius 3 is 2.25 bits per heavy atom. The van der Waals surface area contributed by atoms with Gasteiger partial charge >= 0.3 is 0 Å². The van der Waals surface area contributed by atoms with Crippen LogP contribution < -0.4 is 19.7 Å². The van der Waals surface area contributed by atoms with Crippen LogP contribution in [0.4, 0.5) is 5.69 Å². The highest BCUT2D eigenvalue weighted by Crippen LogP contribution is 2.51. The molecule has 0 heterocycles. The normalized spacial score (nSPS) is 24.1. The fourth-order valence-electron chi connectivity index (χ4n) is 3.47. The van der Waals surface area contributed by atoms with Gasteiger partial charge in [0.2, 0.25) is 10.0 Å². The molecule has 3 rings (SSSR count). The molecule has 2 aromatic carbocycles. The molecule has 28 heavy (non-hydrogen) atoms. The Morgan fingerprint density at radius 1 is 1.11 bits per heavy atom. The third kappa shape index (κ3) is 3.71. The standard InChI is InChI=1S/C19H17NO7S/c1-3-27-12-6-4-10(5-7-12)15-18(23)17(19(15)24)16-13(20-28(2,25)26)8-11(21)9-14(16)22/h1,4-9,15,17-22H,2H3/q-2. The SMILES string of the molecule is C#COc1ccc(C2C([O-])C(c3c(O)cc(O)cc3NS(C)(=O)=O)C2[O-])cc1. The van der Waals surface area contributed by atoms with E-state index in [0.717, 1.165) is 18.4 Å². The number of rotatable bonds is 5. The summed E-state index contributed by atoms with van der Waals surface area (Å²) in [5, 5.41) is 45.4. The van der Waals surface area contributed by atoms with E-state index in [1.54, 1.807) is 12.1 Å². The van der Waals surface area contributed by atoms with Gasteiger partial charge in [-0.2, -0.15) is 0 Å². The first-order valence-electron chi connectivity index (χ1n) is 8.20. The van der Waals surface area contributed by atoms with Crippen molar-refractivity contribution in [3.05, 3.63) is 47.5 Å². The van der Waals surface area contributed by atoms with Crippen molar-refractivity contribution in [3.8, 4) is 29.8 Å². The lowest BCUT2D eigenvalue weighted by atomic mass is 9.63. The molecule has 8 nitrogen and oxygen atoms in total. The van der Waals surface area contributed by atoms with Crippen LogP contribution in [0.2, 0.25) is 0 Å². The molecule has 3 N–H and O–H groups in total. The summed E-state index contributed by atoms with van der Waals surface area (Å²) in [4.78, 5) is 0. The third-order valence-electron chi connectivity index (χ3n) is 4.63. The van der Waals surface area contributed by atoms with E-state index in [1.165, 1.54) is 12.1 Å². The maximum atomic E-state index is 12.8. The maximum Gasteiger partial charge on any atom is 0.229 e. The Labute approximate surface area is 162 Å². The molecule has 1 saturated carbocycles. The molecular weight excluding hydrogens is 386 g/mol. The van der Waals surface area contributed by atoms with Gasteiger partial charge in [0.05, 0.1) is 11.9 Å². The van der Waals surface area contributed by atoms with Crippen molar-refractivity contribution in [2.24, 2.45) is 0 Å². The molecule has 0 aromatic heterocycles. The maximum absolute atomic E-state index is 12.8. The number of hydrogen-bond donors (Lipinski definition) is 3. The minimum absolute atomic E-state index is 0.119. The van der Waals surface area contributed by atoms with E-state index < -0.39 is 45.6 Å². The molecule has 0 amide bonds. The summed E-state index contributed by atoms with van der Waals surface area (Å²) in [6.07, 6.45) is 5.10. The molecule has 1 aliphatic rings. The minimum Gasteiger partial charge on any atom is -0.851 e. The summed E-state index contributed by atoms with van der Waals surface area (Å²) >= 11 is 0. The monoisotopic (exact) mass is 403 g/mol. The Hall–Kier alpha value is -2.93. The number of ether oxygens (including phenoxy) is 1. The van der Waals surface area contributed by atoms with Crippen LogP contribution in [0.15, 0.2) is 36.4 Å². The number of sulfonamides is 1. The first-order chi connectivity index (χ1) is 13.1. The summed E-state index contributed by atoms with van der Waals surface area (Å²) in [5.74, 6) is -2.60. The van der Waals surface area contributed by atoms with Crippen LogP contribution in [0.3, 0.4) is 0 Å². The second-order valence-corrected chi connectivity index (χ2v) is 8.32. The van der Waals surface area contributed by atoms with Crippen LogP contribution >= 0.6 is 0 Å². The van der Waals surface area contributed by atoms with Gasteiger partial charge in [0, 0.05) is 17.7 Å². The fraction of sp³-hybridized carbons (Fsp3) is 0.263. The van der Waals surface area contributed by atoms with Crippen molar-refractivity contribution in [1.29, 1.82) is 0 Å². The molecule has 0 saturated heterocycles. The first kappa shape index (κ1) is 19.8. The Morgan fingerprint density at radius 2 is 1.71 bits per heavy atom. The van der Waals surface area contributed by atoms with Gasteiger partial charge < -0.3 is 25.2 Å². The second kappa shape index (κ2) is 7.24. The van der Waals surface area contributed by atoms with E-state index in [-0.39, 0.29) is 11.3 Å². The van der Waals surface area contributed by atoms with Gasteiger partial charge in [0.1, 0.15) is 23.4 Å². The van der Waals surface area contributed by atoms with E-state index in [0.29, 0.717) is 11.3 Å². The number of terminal acetylenes is 1. The molecule has 0 radical (unpaired) electrons. The Kier molecular flexibility index (Phi) is 5.12. The lowest BCUT2D eigenvalue weighted by Gasteiger charge is -2.62. The summed E-state index contributed by atoms with van der Waals surface area (Å²) in [7, 11) is -3.77. The highest BCUT2D eigenvalue weighted by molar-refractivity contribution is 7.92. The molecule has 1 fully saturated rings. The van der Waals surface area contributed by atoms with E-state index in [2.05, 4.69) is 4.72 Å². The van der Waals surface area contributed by atoms with Gasteiger partial charge in [0.15, 0.2) is 0 Å². The molecule has 2 atom stereocenters. The van der Waals surface area contributed by atoms with Crippen LogP contribution in [0.1, 0.15) is 23.0 Å². The average molecular weight is 403 g/mol. The van der Waals surface area contributed by atoms with Gasteiger partial charge in [-0.25, -0.2) is 8.42 Å². The Balaban J connectivity index is 1.93. The highest BCUT2D eigenvalue weighted by Gasteiger charge is 2.41. The molecule has 2 unspecified atom stereocenters. The van der Waals surface area contributed by atoms with Crippen molar-refractivity contribution < 1.29 is 33.6 Å². The van der Waals surface area contributed by atoms with Crippen LogP contribution in [-0.2, 0) is 10.0 Å². The quantitative estimate of drug-likeness (QED) is 0.586. The van der Waals surface area contributed by atoms with Crippen molar-refractivity contribution in [1.82, 2.24) is 0 Å². The van der Waals surface area contributed by atoms with Crippen LogP contribution in [0.5, 0.6) is 17.2 Å². The number of anilines is 1.